The third-order valence-corrected chi connectivity index (χ3v) is 12.7. The molecule has 0 aliphatic heterocycles. The van der Waals surface area contributed by atoms with Gasteiger partial charge in [0.05, 0.1) is 16.4 Å². The summed E-state index contributed by atoms with van der Waals surface area (Å²) in [7, 11) is 0. The van der Waals surface area contributed by atoms with E-state index < -0.39 is 5.41 Å². The molecule has 0 atom stereocenters. The maximum absolute atomic E-state index is 3.75. The molecule has 57 heavy (non-hydrogen) atoms. The predicted octanol–water partition coefficient (Wildman–Crippen LogP) is 14.9. The summed E-state index contributed by atoms with van der Waals surface area (Å²) >= 11 is 3.75. The van der Waals surface area contributed by atoms with Gasteiger partial charge >= 0.3 is 0 Å². The number of hydrogen-bond acceptors (Lipinski definition) is 0. The molecule has 0 N–H and O–H groups in total. The summed E-state index contributed by atoms with van der Waals surface area (Å²) in [4.78, 5) is 0. The minimum absolute atomic E-state index is 0.425. The van der Waals surface area contributed by atoms with E-state index >= 15 is 0 Å². The number of nitrogens with zero attached hydrogens (tertiary/aromatic N) is 1. The fourth-order valence-electron chi connectivity index (χ4n) is 9.52. The standard InChI is InChI=1S/C55H36BrN/c56-51-27-11-8-21-44(51)40-16-13-15-38(35-40)39-31-34-53-48(36-39)46-22-9-12-28-52(46)57(53)43-32-29-37(30-33-43)45-24-14-26-50-54(45)47-23-7-10-25-49(47)55(50,41-17-3-1-4-18-41)42-19-5-2-6-20-42/h1-36H. The lowest BCUT2D eigenvalue weighted by Crippen LogP contribution is -2.28. The summed E-state index contributed by atoms with van der Waals surface area (Å²) in [5.41, 5.74) is 18.2. The molecule has 268 valence electrons. The predicted molar refractivity (Wildman–Crippen MR) is 242 cm³/mol. The minimum Gasteiger partial charge on any atom is -0.309 e. The molecule has 0 spiro atoms. The first-order valence-electron chi connectivity index (χ1n) is 19.5. The SMILES string of the molecule is Brc1ccccc1-c1cccc(-c2ccc3c(c2)c2ccccc2n3-c2ccc(-c3cccc4c3-c3ccccc3C4(c3ccccc3)c3ccccc3)cc2)c1. The maximum Gasteiger partial charge on any atom is 0.0713 e. The van der Waals surface area contributed by atoms with E-state index in [1.165, 1.54) is 88.6 Å². The van der Waals surface area contributed by atoms with Crippen molar-refractivity contribution < 1.29 is 0 Å². The third kappa shape index (κ3) is 5.21. The minimum atomic E-state index is -0.425. The monoisotopic (exact) mass is 789 g/mol. The van der Waals surface area contributed by atoms with Crippen LogP contribution in [0.5, 0.6) is 0 Å². The molecule has 1 aliphatic carbocycles. The second-order valence-electron chi connectivity index (χ2n) is 14.9. The summed E-state index contributed by atoms with van der Waals surface area (Å²) in [5.74, 6) is 0. The second kappa shape index (κ2) is 13.5. The van der Waals surface area contributed by atoms with Crippen LogP contribution in [0, 0.1) is 0 Å². The fourth-order valence-corrected chi connectivity index (χ4v) is 10.0. The molecular formula is C55H36BrN. The Morgan fingerprint density at radius 1 is 0.351 bits per heavy atom. The Balaban J connectivity index is 1.04. The summed E-state index contributed by atoms with van der Waals surface area (Å²) in [6.45, 7) is 0. The lowest BCUT2D eigenvalue weighted by Gasteiger charge is -2.34. The van der Waals surface area contributed by atoms with Crippen LogP contribution in [0.15, 0.2) is 223 Å². The number of halogens is 1. The first-order chi connectivity index (χ1) is 28.2. The van der Waals surface area contributed by atoms with Crippen molar-refractivity contribution in [3.05, 3.63) is 245 Å². The highest BCUT2D eigenvalue weighted by Crippen LogP contribution is 2.58. The Labute approximate surface area is 341 Å². The van der Waals surface area contributed by atoms with Gasteiger partial charge in [-0.15, -0.1) is 0 Å². The number of benzene rings is 9. The summed E-state index contributed by atoms with van der Waals surface area (Å²) in [5, 5.41) is 2.49. The Hall–Kier alpha value is -6.74. The van der Waals surface area contributed by atoms with Gasteiger partial charge in [0.2, 0.25) is 0 Å². The first-order valence-corrected chi connectivity index (χ1v) is 20.3. The van der Waals surface area contributed by atoms with E-state index in [1.807, 2.05) is 0 Å². The molecule has 10 aromatic rings. The van der Waals surface area contributed by atoms with Crippen molar-refractivity contribution in [3.8, 4) is 50.2 Å². The second-order valence-corrected chi connectivity index (χ2v) is 15.8. The molecule has 11 rings (SSSR count). The Kier molecular flexibility index (Phi) is 7.94. The molecule has 0 radical (unpaired) electrons. The molecule has 0 bridgehead atoms. The van der Waals surface area contributed by atoms with Gasteiger partial charge in [-0.3, -0.25) is 0 Å². The zero-order valence-electron chi connectivity index (χ0n) is 31.1. The normalized spacial score (nSPS) is 12.8. The number of rotatable bonds is 6. The van der Waals surface area contributed by atoms with E-state index in [0.717, 1.165) is 10.2 Å². The quantitative estimate of drug-likeness (QED) is 0.158. The van der Waals surface area contributed by atoms with E-state index in [-0.39, 0.29) is 0 Å². The van der Waals surface area contributed by atoms with Crippen LogP contribution in [0.3, 0.4) is 0 Å². The zero-order valence-corrected chi connectivity index (χ0v) is 32.7. The van der Waals surface area contributed by atoms with Gasteiger partial charge in [0, 0.05) is 20.9 Å². The number of para-hydroxylation sites is 1. The molecule has 1 heterocycles. The van der Waals surface area contributed by atoms with Crippen molar-refractivity contribution >= 4 is 37.7 Å². The number of hydrogen-bond donors (Lipinski definition) is 0. The highest BCUT2D eigenvalue weighted by molar-refractivity contribution is 9.10. The van der Waals surface area contributed by atoms with Crippen LogP contribution in [-0.4, -0.2) is 4.57 Å². The molecule has 1 nitrogen and oxygen atoms in total. The van der Waals surface area contributed by atoms with E-state index in [2.05, 4.69) is 239 Å². The molecule has 2 heteroatoms. The van der Waals surface area contributed by atoms with Crippen LogP contribution in [0.25, 0.3) is 72.0 Å². The molecule has 0 amide bonds. The van der Waals surface area contributed by atoms with Crippen LogP contribution in [0.1, 0.15) is 22.3 Å². The van der Waals surface area contributed by atoms with Gasteiger partial charge in [0.25, 0.3) is 0 Å². The van der Waals surface area contributed by atoms with Crippen molar-refractivity contribution in [2.75, 3.05) is 0 Å². The average molecular weight is 791 g/mol. The molecule has 0 saturated carbocycles. The molecular weight excluding hydrogens is 755 g/mol. The largest absolute Gasteiger partial charge is 0.309 e. The highest BCUT2D eigenvalue weighted by atomic mass is 79.9. The number of fused-ring (bicyclic) bond motifs is 6. The van der Waals surface area contributed by atoms with Crippen LogP contribution in [0.2, 0.25) is 0 Å². The van der Waals surface area contributed by atoms with Gasteiger partial charge in [0.15, 0.2) is 0 Å². The third-order valence-electron chi connectivity index (χ3n) is 12.0. The van der Waals surface area contributed by atoms with Crippen molar-refractivity contribution in [3.63, 3.8) is 0 Å². The maximum atomic E-state index is 3.75. The molecule has 0 fully saturated rings. The van der Waals surface area contributed by atoms with E-state index in [0.29, 0.717) is 0 Å². The smallest absolute Gasteiger partial charge is 0.0713 e. The Morgan fingerprint density at radius 3 is 1.68 bits per heavy atom. The fraction of sp³-hybridized carbons (Fsp3) is 0.0182. The van der Waals surface area contributed by atoms with E-state index in [4.69, 9.17) is 0 Å². The van der Waals surface area contributed by atoms with Gasteiger partial charge in [-0.2, -0.15) is 0 Å². The van der Waals surface area contributed by atoms with Crippen LogP contribution in [0.4, 0.5) is 0 Å². The molecule has 9 aromatic carbocycles. The van der Waals surface area contributed by atoms with Crippen molar-refractivity contribution in [2.45, 2.75) is 5.41 Å². The van der Waals surface area contributed by atoms with Crippen LogP contribution in [-0.2, 0) is 5.41 Å². The number of aromatic nitrogens is 1. The summed E-state index contributed by atoms with van der Waals surface area (Å²) in [6, 6.07) is 80.1. The molecule has 1 aliphatic rings. The van der Waals surface area contributed by atoms with E-state index in [9.17, 15) is 0 Å². The van der Waals surface area contributed by atoms with Gasteiger partial charge < -0.3 is 4.57 Å². The first kappa shape index (κ1) is 33.6. The molecule has 0 saturated heterocycles. The van der Waals surface area contributed by atoms with Crippen LogP contribution >= 0.6 is 15.9 Å². The lowest BCUT2D eigenvalue weighted by atomic mass is 9.67. The van der Waals surface area contributed by atoms with Crippen LogP contribution < -0.4 is 0 Å². The Morgan fingerprint density at radius 2 is 0.912 bits per heavy atom. The zero-order chi connectivity index (χ0) is 37.9. The van der Waals surface area contributed by atoms with Gasteiger partial charge in [-0.25, -0.2) is 0 Å². The van der Waals surface area contributed by atoms with E-state index in [1.54, 1.807) is 0 Å². The molecule has 0 unspecified atom stereocenters. The Bertz CT molecular complexity index is 3080. The lowest BCUT2D eigenvalue weighted by molar-refractivity contribution is 0.768. The van der Waals surface area contributed by atoms with Gasteiger partial charge in [-0.1, -0.05) is 192 Å². The van der Waals surface area contributed by atoms with Crippen molar-refractivity contribution in [1.29, 1.82) is 0 Å². The highest BCUT2D eigenvalue weighted by Gasteiger charge is 2.46. The van der Waals surface area contributed by atoms with Gasteiger partial charge in [0.1, 0.15) is 0 Å². The average Bonchev–Trinajstić information content (AvgIpc) is 3.78. The van der Waals surface area contributed by atoms with Gasteiger partial charge in [-0.05, 0) is 109 Å². The van der Waals surface area contributed by atoms with Crippen molar-refractivity contribution in [1.82, 2.24) is 4.57 Å². The summed E-state index contributed by atoms with van der Waals surface area (Å²) in [6.07, 6.45) is 0. The summed E-state index contributed by atoms with van der Waals surface area (Å²) < 4.78 is 3.51. The topological polar surface area (TPSA) is 4.93 Å². The molecule has 1 aromatic heterocycles. The van der Waals surface area contributed by atoms with Crippen molar-refractivity contribution in [2.24, 2.45) is 0 Å².